The molecule has 0 unspecified atom stereocenters. The topological polar surface area (TPSA) is 53.7 Å². The molecule has 0 amide bonds. The molecule has 0 aliphatic carbocycles. The number of fused-ring (bicyclic) bond motifs is 1. The van der Waals surface area contributed by atoms with Crippen molar-refractivity contribution < 1.29 is 18.6 Å². The summed E-state index contributed by atoms with van der Waals surface area (Å²) in [5.41, 5.74) is 2.56. The van der Waals surface area contributed by atoms with Gasteiger partial charge < -0.3 is 18.6 Å². The zero-order valence-electron chi connectivity index (χ0n) is 16.3. The first-order valence-corrected chi connectivity index (χ1v) is 8.91. The van der Waals surface area contributed by atoms with E-state index in [4.69, 9.17) is 18.6 Å². The van der Waals surface area contributed by atoms with Gasteiger partial charge in [-0.2, -0.15) is 0 Å². The number of aryl methyl sites for hydroxylation is 1. The van der Waals surface area contributed by atoms with Gasteiger partial charge in [-0.25, -0.2) is 4.98 Å². The number of oxazole rings is 1. The normalized spacial score (nSPS) is 10.9. The lowest BCUT2D eigenvalue weighted by molar-refractivity contribution is 0.324. The zero-order chi connectivity index (χ0) is 19.7. The summed E-state index contributed by atoms with van der Waals surface area (Å²) in [6.45, 7) is 1.84. The van der Waals surface area contributed by atoms with Crippen molar-refractivity contribution in [3.8, 4) is 39.8 Å². The predicted octanol–water partition coefficient (Wildman–Crippen LogP) is 5.50. The molecule has 0 saturated heterocycles. The summed E-state index contributed by atoms with van der Waals surface area (Å²) in [6, 6.07) is 18.2. The summed E-state index contributed by atoms with van der Waals surface area (Å²) in [5.74, 6) is 2.92. The Hall–Kier alpha value is -3.47. The van der Waals surface area contributed by atoms with Crippen LogP contribution in [-0.2, 0) is 0 Å². The van der Waals surface area contributed by atoms with Gasteiger partial charge in [0, 0.05) is 18.1 Å². The summed E-state index contributed by atoms with van der Waals surface area (Å²) in [6.07, 6.45) is 0. The Labute approximate surface area is 163 Å². The molecular weight excluding hydrogens is 354 g/mol. The van der Waals surface area contributed by atoms with E-state index in [1.807, 2.05) is 31.2 Å². The largest absolute Gasteiger partial charge is 0.493 e. The standard InChI is InChI=1S/C23H21NO4/c1-14-24-21(17-10-9-15-7-5-6-8-16(15)11-17)22(28-14)18-12-19(25-2)23(27-4)20(13-18)26-3/h5-13H,1-4H3. The van der Waals surface area contributed by atoms with E-state index < -0.39 is 0 Å². The van der Waals surface area contributed by atoms with Gasteiger partial charge in [-0.1, -0.05) is 36.4 Å². The van der Waals surface area contributed by atoms with Crippen molar-refractivity contribution in [2.75, 3.05) is 21.3 Å². The van der Waals surface area contributed by atoms with E-state index >= 15 is 0 Å². The number of benzene rings is 3. The van der Waals surface area contributed by atoms with Crippen molar-refractivity contribution in [2.45, 2.75) is 6.92 Å². The monoisotopic (exact) mass is 375 g/mol. The third kappa shape index (κ3) is 3.05. The summed E-state index contributed by atoms with van der Waals surface area (Å²) in [4.78, 5) is 4.64. The molecule has 5 nitrogen and oxygen atoms in total. The van der Waals surface area contributed by atoms with Gasteiger partial charge in [0.1, 0.15) is 5.69 Å². The molecule has 0 aliphatic rings. The van der Waals surface area contributed by atoms with Crippen molar-refractivity contribution in [3.63, 3.8) is 0 Å². The highest BCUT2D eigenvalue weighted by Crippen LogP contribution is 2.43. The van der Waals surface area contributed by atoms with Crippen molar-refractivity contribution in [1.29, 1.82) is 0 Å². The number of ether oxygens (including phenoxy) is 3. The van der Waals surface area contributed by atoms with E-state index in [1.165, 1.54) is 5.39 Å². The van der Waals surface area contributed by atoms with E-state index in [0.29, 0.717) is 28.9 Å². The number of aromatic nitrogens is 1. The van der Waals surface area contributed by atoms with Crippen molar-refractivity contribution in [3.05, 3.63) is 60.5 Å². The van der Waals surface area contributed by atoms with Crippen LogP contribution in [0.5, 0.6) is 17.2 Å². The molecule has 0 fully saturated rings. The average Bonchev–Trinajstić information content (AvgIpc) is 3.13. The Morgan fingerprint density at radius 2 is 1.43 bits per heavy atom. The Morgan fingerprint density at radius 1 is 0.750 bits per heavy atom. The van der Waals surface area contributed by atoms with Crippen LogP contribution in [0.15, 0.2) is 59.0 Å². The molecule has 4 rings (SSSR count). The second kappa shape index (κ2) is 7.27. The summed E-state index contributed by atoms with van der Waals surface area (Å²) in [5, 5.41) is 2.33. The van der Waals surface area contributed by atoms with Gasteiger partial charge in [0.25, 0.3) is 0 Å². The molecule has 0 atom stereocenters. The lowest BCUT2D eigenvalue weighted by Gasteiger charge is -2.13. The van der Waals surface area contributed by atoms with Crippen LogP contribution in [0.2, 0.25) is 0 Å². The minimum atomic E-state index is 0.539. The third-order valence-corrected chi connectivity index (χ3v) is 4.68. The molecule has 0 aliphatic heterocycles. The minimum Gasteiger partial charge on any atom is -0.493 e. The highest BCUT2D eigenvalue weighted by Gasteiger charge is 2.20. The maximum absolute atomic E-state index is 5.98. The number of methoxy groups -OCH3 is 3. The van der Waals surface area contributed by atoms with Gasteiger partial charge in [0.15, 0.2) is 23.1 Å². The van der Waals surface area contributed by atoms with Crippen molar-refractivity contribution in [1.82, 2.24) is 4.98 Å². The molecule has 142 valence electrons. The first-order valence-electron chi connectivity index (χ1n) is 8.91. The van der Waals surface area contributed by atoms with Crippen LogP contribution in [0.25, 0.3) is 33.4 Å². The highest BCUT2D eigenvalue weighted by atomic mass is 16.5. The van der Waals surface area contributed by atoms with Crippen molar-refractivity contribution in [2.24, 2.45) is 0 Å². The highest BCUT2D eigenvalue weighted by molar-refractivity contribution is 5.89. The van der Waals surface area contributed by atoms with E-state index in [0.717, 1.165) is 22.2 Å². The van der Waals surface area contributed by atoms with Crippen LogP contribution in [0.4, 0.5) is 0 Å². The lowest BCUT2D eigenvalue weighted by atomic mass is 10.0. The SMILES string of the molecule is COc1cc(-c2oc(C)nc2-c2ccc3ccccc3c2)cc(OC)c1OC. The van der Waals surface area contributed by atoms with Gasteiger partial charge in [-0.15, -0.1) is 0 Å². The van der Waals surface area contributed by atoms with E-state index in [9.17, 15) is 0 Å². The zero-order valence-corrected chi connectivity index (χ0v) is 16.3. The second-order valence-electron chi connectivity index (χ2n) is 6.39. The minimum absolute atomic E-state index is 0.539. The molecule has 1 heterocycles. The molecule has 1 aromatic heterocycles. The molecular formula is C23H21NO4. The van der Waals surface area contributed by atoms with E-state index in [1.54, 1.807) is 21.3 Å². The lowest BCUT2D eigenvalue weighted by Crippen LogP contribution is -1.96. The first-order chi connectivity index (χ1) is 13.6. The fraction of sp³-hybridized carbons (Fsp3) is 0.174. The maximum Gasteiger partial charge on any atom is 0.203 e. The molecule has 0 spiro atoms. The molecule has 0 radical (unpaired) electrons. The Morgan fingerprint density at radius 3 is 2.07 bits per heavy atom. The maximum atomic E-state index is 5.98. The second-order valence-corrected chi connectivity index (χ2v) is 6.39. The van der Waals surface area contributed by atoms with E-state index in [2.05, 4.69) is 35.3 Å². The number of hydrogen-bond acceptors (Lipinski definition) is 5. The fourth-order valence-corrected chi connectivity index (χ4v) is 3.37. The fourth-order valence-electron chi connectivity index (χ4n) is 3.37. The number of nitrogens with zero attached hydrogens (tertiary/aromatic N) is 1. The molecule has 5 heteroatoms. The Bertz CT molecular complexity index is 1120. The summed E-state index contributed by atoms with van der Waals surface area (Å²) >= 11 is 0. The van der Waals surface area contributed by atoms with Gasteiger partial charge in [0.05, 0.1) is 21.3 Å². The molecule has 4 aromatic rings. The van der Waals surface area contributed by atoms with Gasteiger partial charge in [-0.05, 0) is 29.0 Å². The van der Waals surface area contributed by atoms with Crippen LogP contribution in [-0.4, -0.2) is 26.3 Å². The summed E-state index contributed by atoms with van der Waals surface area (Å²) < 4.78 is 22.4. The van der Waals surface area contributed by atoms with Crippen LogP contribution >= 0.6 is 0 Å². The molecule has 0 bridgehead atoms. The third-order valence-electron chi connectivity index (χ3n) is 4.68. The molecule has 3 aromatic carbocycles. The Balaban J connectivity index is 1.90. The molecule has 0 N–H and O–H groups in total. The van der Waals surface area contributed by atoms with Gasteiger partial charge >= 0.3 is 0 Å². The van der Waals surface area contributed by atoms with Gasteiger partial charge in [-0.3, -0.25) is 0 Å². The van der Waals surface area contributed by atoms with Gasteiger partial charge in [0.2, 0.25) is 5.75 Å². The van der Waals surface area contributed by atoms with Crippen molar-refractivity contribution >= 4 is 10.8 Å². The smallest absolute Gasteiger partial charge is 0.203 e. The number of rotatable bonds is 5. The van der Waals surface area contributed by atoms with Crippen LogP contribution < -0.4 is 14.2 Å². The summed E-state index contributed by atoms with van der Waals surface area (Å²) in [7, 11) is 4.77. The average molecular weight is 375 g/mol. The quantitative estimate of drug-likeness (QED) is 0.461. The van der Waals surface area contributed by atoms with Crippen LogP contribution in [0.3, 0.4) is 0 Å². The van der Waals surface area contributed by atoms with E-state index in [-0.39, 0.29) is 0 Å². The first kappa shape index (κ1) is 17.9. The van der Waals surface area contributed by atoms with Crippen LogP contribution in [0.1, 0.15) is 5.89 Å². The van der Waals surface area contributed by atoms with Crippen LogP contribution in [0, 0.1) is 6.92 Å². The predicted molar refractivity (Wildman–Crippen MR) is 109 cm³/mol. The molecule has 0 saturated carbocycles. The Kier molecular flexibility index (Phi) is 4.65. The number of hydrogen-bond donors (Lipinski definition) is 0. The molecule has 28 heavy (non-hydrogen) atoms.